The van der Waals surface area contributed by atoms with Gasteiger partial charge in [-0.2, -0.15) is 0 Å². The molecule has 0 atom stereocenters. The first kappa shape index (κ1) is 21.9. The van der Waals surface area contributed by atoms with E-state index in [0.29, 0.717) is 18.7 Å². The van der Waals surface area contributed by atoms with Crippen molar-refractivity contribution in [2.45, 2.75) is 18.4 Å². The van der Waals surface area contributed by atoms with Crippen molar-refractivity contribution in [2.24, 2.45) is 0 Å². The smallest absolute Gasteiger partial charge is 0.250 e. The van der Waals surface area contributed by atoms with E-state index in [9.17, 15) is 13.2 Å². The molecule has 8 nitrogen and oxygen atoms in total. The predicted molar refractivity (Wildman–Crippen MR) is 118 cm³/mol. The second-order valence-electron chi connectivity index (χ2n) is 6.29. The summed E-state index contributed by atoms with van der Waals surface area (Å²) in [5.41, 5.74) is 1.75. The second-order valence-corrected chi connectivity index (χ2v) is 8.97. The van der Waals surface area contributed by atoms with Crippen molar-refractivity contribution in [1.82, 2.24) is 19.5 Å². The Morgan fingerprint density at radius 3 is 2.50 bits per heavy atom. The molecule has 3 aromatic rings. The highest BCUT2D eigenvalue weighted by atomic mass is 79.9. The second kappa shape index (κ2) is 9.79. The molecule has 2 aromatic carbocycles. The number of carbonyl (C=O) groups is 1. The van der Waals surface area contributed by atoms with Gasteiger partial charge in [-0.05, 0) is 41.5 Å². The third kappa shape index (κ3) is 6.09. The number of halogens is 1. The molecule has 0 aliphatic carbocycles. The first-order valence-electron chi connectivity index (χ1n) is 9.08. The maximum Gasteiger partial charge on any atom is 0.250 e. The molecule has 0 saturated carbocycles. The van der Waals surface area contributed by atoms with Crippen molar-refractivity contribution in [2.75, 3.05) is 11.9 Å². The Morgan fingerprint density at radius 2 is 1.83 bits per heavy atom. The Kier molecular flexibility index (Phi) is 7.14. The standard InChI is InChI=1S/C20H20BrN5O3S/c1-2-23-30(28,29)18-10-5-15(6-11-18)7-12-19(27)24-20-22-14-26(25-20)13-16-3-8-17(21)9-4-16/h3-12,14,23H,2,13H2,1H3,(H,24,25,27)/b12-7+. The third-order valence-electron chi connectivity index (χ3n) is 3.98. The average Bonchev–Trinajstić information content (AvgIpc) is 3.15. The Labute approximate surface area is 183 Å². The number of nitrogens with one attached hydrogen (secondary N) is 2. The van der Waals surface area contributed by atoms with Crippen molar-refractivity contribution in [3.63, 3.8) is 0 Å². The first-order valence-corrected chi connectivity index (χ1v) is 11.4. The van der Waals surface area contributed by atoms with Crippen LogP contribution in [0, 0.1) is 0 Å². The Hall–Kier alpha value is -2.82. The SMILES string of the molecule is CCNS(=O)(=O)c1ccc(/C=C/C(=O)Nc2ncn(Cc3ccc(Br)cc3)n2)cc1. The fourth-order valence-corrected chi connectivity index (χ4v) is 3.87. The molecule has 0 unspecified atom stereocenters. The van der Waals surface area contributed by atoms with Crippen LogP contribution in [0.3, 0.4) is 0 Å². The van der Waals surface area contributed by atoms with E-state index in [-0.39, 0.29) is 16.8 Å². The minimum absolute atomic E-state index is 0.173. The Balaban J connectivity index is 1.57. The van der Waals surface area contributed by atoms with E-state index in [1.807, 2.05) is 24.3 Å². The first-order chi connectivity index (χ1) is 14.4. The molecule has 0 saturated heterocycles. The predicted octanol–water partition coefficient (Wildman–Crippen LogP) is 3.04. The fourth-order valence-electron chi connectivity index (χ4n) is 2.56. The van der Waals surface area contributed by atoms with E-state index >= 15 is 0 Å². The molecule has 0 bridgehead atoms. The van der Waals surface area contributed by atoms with Crippen LogP contribution in [-0.4, -0.2) is 35.6 Å². The van der Waals surface area contributed by atoms with Crippen molar-refractivity contribution in [3.05, 3.63) is 76.5 Å². The summed E-state index contributed by atoms with van der Waals surface area (Å²) in [7, 11) is -3.50. The summed E-state index contributed by atoms with van der Waals surface area (Å²) >= 11 is 3.39. The van der Waals surface area contributed by atoms with Crippen LogP contribution in [0.2, 0.25) is 0 Å². The summed E-state index contributed by atoms with van der Waals surface area (Å²) in [6.07, 6.45) is 4.46. The van der Waals surface area contributed by atoms with Crippen LogP contribution in [0.5, 0.6) is 0 Å². The van der Waals surface area contributed by atoms with Gasteiger partial charge in [0.05, 0.1) is 11.4 Å². The zero-order chi connectivity index (χ0) is 21.6. The molecule has 3 rings (SSSR count). The molecule has 2 N–H and O–H groups in total. The highest BCUT2D eigenvalue weighted by molar-refractivity contribution is 9.10. The molecule has 1 amide bonds. The summed E-state index contributed by atoms with van der Waals surface area (Å²) in [6.45, 7) is 2.57. The number of sulfonamides is 1. The van der Waals surface area contributed by atoms with Gasteiger partial charge in [-0.25, -0.2) is 22.8 Å². The van der Waals surface area contributed by atoms with E-state index in [1.165, 1.54) is 18.2 Å². The number of aromatic nitrogens is 3. The summed E-state index contributed by atoms with van der Waals surface area (Å²) in [5, 5.41) is 6.83. The van der Waals surface area contributed by atoms with Crippen molar-refractivity contribution in [3.8, 4) is 0 Å². The Bertz CT molecular complexity index is 1140. The monoisotopic (exact) mass is 489 g/mol. The van der Waals surface area contributed by atoms with Crippen LogP contribution in [0.1, 0.15) is 18.1 Å². The van der Waals surface area contributed by atoms with E-state index in [4.69, 9.17) is 0 Å². The van der Waals surface area contributed by atoms with Gasteiger partial charge in [0, 0.05) is 17.1 Å². The van der Waals surface area contributed by atoms with Gasteiger partial charge >= 0.3 is 0 Å². The van der Waals surface area contributed by atoms with Gasteiger partial charge in [-0.15, -0.1) is 5.10 Å². The number of hydrogen-bond acceptors (Lipinski definition) is 5. The lowest BCUT2D eigenvalue weighted by atomic mass is 10.2. The minimum atomic E-state index is -3.50. The van der Waals surface area contributed by atoms with Crippen molar-refractivity contribution < 1.29 is 13.2 Å². The lowest BCUT2D eigenvalue weighted by molar-refractivity contribution is -0.111. The molecule has 1 heterocycles. The van der Waals surface area contributed by atoms with Gasteiger partial charge in [0.25, 0.3) is 5.91 Å². The van der Waals surface area contributed by atoms with Crippen LogP contribution < -0.4 is 10.0 Å². The summed E-state index contributed by atoms with van der Waals surface area (Å²) in [5.74, 6) is -0.186. The van der Waals surface area contributed by atoms with Crippen LogP contribution in [-0.2, 0) is 21.4 Å². The topological polar surface area (TPSA) is 106 Å². The number of hydrogen-bond donors (Lipinski definition) is 2. The Morgan fingerprint density at radius 1 is 1.13 bits per heavy atom. The summed E-state index contributed by atoms with van der Waals surface area (Å²) in [4.78, 5) is 16.4. The van der Waals surface area contributed by atoms with E-state index in [1.54, 1.807) is 36.1 Å². The zero-order valence-corrected chi connectivity index (χ0v) is 18.5. The van der Waals surface area contributed by atoms with Gasteiger partial charge in [0.1, 0.15) is 6.33 Å². The van der Waals surface area contributed by atoms with Gasteiger partial charge in [0.2, 0.25) is 16.0 Å². The van der Waals surface area contributed by atoms with Crippen molar-refractivity contribution in [1.29, 1.82) is 0 Å². The summed E-state index contributed by atoms with van der Waals surface area (Å²) in [6, 6.07) is 14.1. The van der Waals surface area contributed by atoms with Crippen LogP contribution in [0.15, 0.2) is 70.3 Å². The van der Waals surface area contributed by atoms with Gasteiger partial charge in [-0.3, -0.25) is 10.1 Å². The molecule has 0 radical (unpaired) electrons. The lowest BCUT2D eigenvalue weighted by Gasteiger charge is -2.04. The molecule has 10 heteroatoms. The van der Waals surface area contributed by atoms with Crippen molar-refractivity contribution >= 4 is 43.9 Å². The van der Waals surface area contributed by atoms with Crippen LogP contribution in [0.25, 0.3) is 6.08 Å². The quantitative estimate of drug-likeness (QED) is 0.473. The van der Waals surface area contributed by atoms with E-state index in [0.717, 1.165) is 10.0 Å². The molecule has 0 fully saturated rings. The minimum Gasteiger partial charge on any atom is -0.290 e. The third-order valence-corrected chi connectivity index (χ3v) is 6.07. The fraction of sp³-hybridized carbons (Fsp3) is 0.150. The average molecular weight is 490 g/mol. The molecule has 0 spiro atoms. The normalized spacial score (nSPS) is 11.7. The molecular weight excluding hydrogens is 470 g/mol. The molecular formula is C20H20BrN5O3S. The van der Waals surface area contributed by atoms with Crippen LogP contribution >= 0.6 is 15.9 Å². The number of carbonyl (C=O) groups excluding carboxylic acids is 1. The van der Waals surface area contributed by atoms with Crippen LogP contribution in [0.4, 0.5) is 5.95 Å². The van der Waals surface area contributed by atoms with Gasteiger partial charge in [0.15, 0.2) is 0 Å². The number of nitrogens with zero attached hydrogens (tertiary/aromatic N) is 3. The highest BCUT2D eigenvalue weighted by Gasteiger charge is 2.11. The number of benzene rings is 2. The van der Waals surface area contributed by atoms with Gasteiger partial charge in [-0.1, -0.05) is 47.1 Å². The number of anilines is 1. The maximum atomic E-state index is 12.1. The van der Waals surface area contributed by atoms with E-state index in [2.05, 4.69) is 36.1 Å². The molecule has 1 aromatic heterocycles. The molecule has 0 aliphatic heterocycles. The molecule has 156 valence electrons. The molecule has 0 aliphatic rings. The summed E-state index contributed by atoms with van der Waals surface area (Å²) < 4.78 is 28.9. The molecule has 30 heavy (non-hydrogen) atoms. The lowest BCUT2D eigenvalue weighted by Crippen LogP contribution is -2.22. The zero-order valence-electron chi connectivity index (χ0n) is 16.1. The number of amides is 1. The van der Waals surface area contributed by atoms with Gasteiger partial charge < -0.3 is 0 Å². The van der Waals surface area contributed by atoms with E-state index < -0.39 is 10.0 Å². The highest BCUT2D eigenvalue weighted by Crippen LogP contribution is 2.13. The largest absolute Gasteiger partial charge is 0.290 e. The number of rotatable bonds is 8. The maximum absolute atomic E-state index is 12.1.